The molecule has 1 aromatic rings. The van der Waals surface area contributed by atoms with Crippen LogP contribution >= 0.6 is 0 Å². The topological polar surface area (TPSA) is 28.2 Å². The van der Waals surface area contributed by atoms with Crippen LogP contribution in [0.5, 0.6) is 0 Å². The van der Waals surface area contributed by atoms with Crippen LogP contribution in [0.25, 0.3) is 0 Å². The Balaban J connectivity index is 1.75. The molecule has 1 spiro atoms. The lowest BCUT2D eigenvalue weighted by molar-refractivity contribution is 0.160. The molecule has 1 saturated heterocycles. The van der Waals surface area contributed by atoms with Crippen LogP contribution < -0.4 is 5.32 Å². The molecule has 110 valence electrons. The second kappa shape index (κ2) is 5.78. The van der Waals surface area contributed by atoms with Gasteiger partial charge in [0.05, 0.1) is 6.20 Å². The Kier molecular flexibility index (Phi) is 4.03. The summed E-state index contributed by atoms with van der Waals surface area (Å²) in [5.41, 5.74) is 1.28. The fourth-order valence-electron chi connectivity index (χ4n) is 3.70. The smallest absolute Gasteiger partial charge is 0.141 e. The van der Waals surface area contributed by atoms with Crippen LogP contribution in [-0.2, 0) is 6.54 Å². The molecule has 1 atom stereocenters. The maximum absolute atomic E-state index is 13.3. The molecule has 1 aromatic heterocycles. The van der Waals surface area contributed by atoms with Gasteiger partial charge < -0.3 is 5.32 Å². The molecule has 0 amide bonds. The molecular formula is C16H24FN3. The number of pyridine rings is 1. The predicted molar refractivity (Wildman–Crippen MR) is 77.9 cm³/mol. The van der Waals surface area contributed by atoms with Gasteiger partial charge in [-0.1, -0.05) is 12.8 Å². The molecule has 0 aromatic carbocycles. The SMILES string of the molecule is CC1CCNC2(CCCC2)CN1Cc1cncc(F)c1. The van der Waals surface area contributed by atoms with Gasteiger partial charge in [-0.15, -0.1) is 0 Å². The number of aromatic nitrogens is 1. The van der Waals surface area contributed by atoms with Crippen molar-refractivity contribution in [3.8, 4) is 0 Å². The first-order chi connectivity index (χ1) is 9.67. The van der Waals surface area contributed by atoms with Crippen molar-refractivity contribution in [2.45, 2.75) is 57.2 Å². The van der Waals surface area contributed by atoms with Crippen LogP contribution in [0.4, 0.5) is 4.39 Å². The Morgan fingerprint density at radius 1 is 1.40 bits per heavy atom. The lowest BCUT2D eigenvalue weighted by Crippen LogP contribution is -2.49. The van der Waals surface area contributed by atoms with Crippen LogP contribution in [0.3, 0.4) is 0 Å². The molecule has 20 heavy (non-hydrogen) atoms. The monoisotopic (exact) mass is 277 g/mol. The van der Waals surface area contributed by atoms with Gasteiger partial charge in [-0.05, 0) is 44.4 Å². The van der Waals surface area contributed by atoms with Gasteiger partial charge in [0.15, 0.2) is 0 Å². The zero-order valence-corrected chi connectivity index (χ0v) is 12.2. The molecule has 2 aliphatic rings. The third-order valence-electron chi connectivity index (χ3n) is 4.90. The second-order valence-electron chi connectivity index (χ2n) is 6.47. The van der Waals surface area contributed by atoms with Gasteiger partial charge in [0, 0.05) is 30.9 Å². The third kappa shape index (κ3) is 3.01. The minimum Gasteiger partial charge on any atom is -0.310 e. The number of nitrogens with one attached hydrogen (secondary N) is 1. The van der Waals surface area contributed by atoms with Crippen LogP contribution in [0.2, 0.25) is 0 Å². The van der Waals surface area contributed by atoms with Crippen molar-refractivity contribution in [1.29, 1.82) is 0 Å². The van der Waals surface area contributed by atoms with Gasteiger partial charge in [0.25, 0.3) is 0 Å². The van der Waals surface area contributed by atoms with E-state index in [2.05, 4.69) is 22.1 Å². The van der Waals surface area contributed by atoms with E-state index in [4.69, 9.17) is 0 Å². The standard InChI is InChI=1S/C16H24FN3/c1-13-4-7-19-16(5-2-3-6-16)12-20(13)11-14-8-15(17)10-18-9-14/h8-10,13,19H,2-7,11-12H2,1H3. The van der Waals surface area contributed by atoms with Crippen molar-refractivity contribution in [3.05, 3.63) is 29.8 Å². The van der Waals surface area contributed by atoms with Gasteiger partial charge in [-0.2, -0.15) is 0 Å². The summed E-state index contributed by atoms with van der Waals surface area (Å²) in [6.45, 7) is 5.25. The van der Waals surface area contributed by atoms with Crippen molar-refractivity contribution in [1.82, 2.24) is 15.2 Å². The Morgan fingerprint density at radius 2 is 2.20 bits per heavy atom. The van der Waals surface area contributed by atoms with Crippen molar-refractivity contribution in [2.24, 2.45) is 0 Å². The molecule has 1 aliphatic carbocycles. The lowest BCUT2D eigenvalue weighted by Gasteiger charge is -2.35. The van der Waals surface area contributed by atoms with Crippen molar-refractivity contribution in [3.63, 3.8) is 0 Å². The minimum atomic E-state index is -0.237. The average Bonchev–Trinajstić information content (AvgIpc) is 2.80. The third-order valence-corrected chi connectivity index (χ3v) is 4.90. The molecule has 3 nitrogen and oxygen atoms in total. The van der Waals surface area contributed by atoms with Crippen LogP contribution in [-0.4, -0.2) is 34.6 Å². The van der Waals surface area contributed by atoms with Crippen LogP contribution in [0.15, 0.2) is 18.5 Å². The van der Waals surface area contributed by atoms with Crippen LogP contribution in [0, 0.1) is 5.82 Å². The number of rotatable bonds is 2. The lowest BCUT2D eigenvalue weighted by atomic mass is 9.97. The summed E-state index contributed by atoms with van der Waals surface area (Å²) in [7, 11) is 0. The van der Waals surface area contributed by atoms with E-state index in [1.54, 1.807) is 12.3 Å². The van der Waals surface area contributed by atoms with E-state index in [0.29, 0.717) is 11.6 Å². The highest BCUT2D eigenvalue weighted by atomic mass is 19.1. The molecule has 3 rings (SSSR count). The van der Waals surface area contributed by atoms with Gasteiger partial charge in [0.2, 0.25) is 0 Å². The Bertz CT molecular complexity index is 457. The number of halogens is 1. The summed E-state index contributed by atoms with van der Waals surface area (Å²) in [6, 6.07) is 2.14. The molecule has 0 radical (unpaired) electrons. The first-order valence-corrected chi connectivity index (χ1v) is 7.75. The summed E-state index contributed by atoms with van der Waals surface area (Å²) in [6.07, 6.45) is 9.43. The first kappa shape index (κ1) is 14.0. The van der Waals surface area contributed by atoms with Gasteiger partial charge in [-0.3, -0.25) is 9.88 Å². The summed E-state index contributed by atoms with van der Waals surface area (Å²) >= 11 is 0. The maximum Gasteiger partial charge on any atom is 0.141 e. The van der Waals surface area contributed by atoms with E-state index in [9.17, 15) is 4.39 Å². The molecule has 2 fully saturated rings. The highest BCUT2D eigenvalue weighted by Crippen LogP contribution is 2.33. The normalized spacial score (nSPS) is 26.8. The van der Waals surface area contributed by atoms with Gasteiger partial charge >= 0.3 is 0 Å². The zero-order valence-electron chi connectivity index (χ0n) is 12.2. The largest absolute Gasteiger partial charge is 0.310 e. The van der Waals surface area contributed by atoms with E-state index < -0.39 is 0 Å². The number of hydrogen-bond donors (Lipinski definition) is 1. The molecular weight excluding hydrogens is 253 g/mol. The van der Waals surface area contributed by atoms with E-state index >= 15 is 0 Å². The van der Waals surface area contributed by atoms with Gasteiger partial charge in [0.1, 0.15) is 5.82 Å². The second-order valence-corrected chi connectivity index (χ2v) is 6.47. The average molecular weight is 277 g/mol. The molecule has 2 heterocycles. The highest BCUT2D eigenvalue weighted by molar-refractivity contribution is 5.11. The van der Waals surface area contributed by atoms with Crippen molar-refractivity contribution < 1.29 is 4.39 Å². The van der Waals surface area contributed by atoms with Crippen LogP contribution in [0.1, 0.15) is 44.6 Å². The maximum atomic E-state index is 13.3. The molecule has 1 aliphatic heterocycles. The Labute approximate surface area is 120 Å². The highest BCUT2D eigenvalue weighted by Gasteiger charge is 2.37. The van der Waals surface area contributed by atoms with Crippen molar-refractivity contribution >= 4 is 0 Å². The molecule has 0 bridgehead atoms. The number of hydrogen-bond acceptors (Lipinski definition) is 3. The zero-order chi connectivity index (χ0) is 14.0. The first-order valence-electron chi connectivity index (χ1n) is 7.75. The number of nitrogens with zero attached hydrogens (tertiary/aromatic N) is 2. The van der Waals surface area contributed by atoms with E-state index in [-0.39, 0.29) is 5.82 Å². The Morgan fingerprint density at radius 3 is 2.95 bits per heavy atom. The van der Waals surface area contributed by atoms with Gasteiger partial charge in [-0.25, -0.2) is 4.39 Å². The summed E-state index contributed by atoms with van der Waals surface area (Å²) in [4.78, 5) is 6.47. The quantitative estimate of drug-likeness (QED) is 0.901. The predicted octanol–water partition coefficient (Wildman–Crippen LogP) is 2.72. The molecule has 4 heteroatoms. The summed E-state index contributed by atoms with van der Waals surface area (Å²) in [5.74, 6) is -0.237. The van der Waals surface area contributed by atoms with E-state index in [1.165, 1.54) is 31.9 Å². The fraction of sp³-hybridized carbons (Fsp3) is 0.688. The molecule has 1 N–H and O–H groups in total. The molecule has 1 unspecified atom stereocenters. The summed E-state index contributed by atoms with van der Waals surface area (Å²) < 4.78 is 13.3. The summed E-state index contributed by atoms with van der Waals surface area (Å²) in [5, 5.41) is 3.78. The van der Waals surface area contributed by atoms with Crippen molar-refractivity contribution in [2.75, 3.05) is 13.1 Å². The fourth-order valence-corrected chi connectivity index (χ4v) is 3.70. The minimum absolute atomic E-state index is 0.237. The van der Waals surface area contributed by atoms with E-state index in [1.807, 2.05) is 0 Å². The molecule has 1 saturated carbocycles. The van der Waals surface area contributed by atoms with E-state index in [0.717, 1.165) is 31.6 Å². The Hall–Kier alpha value is -1.00.